The molecule has 0 saturated heterocycles. The Labute approximate surface area is 207 Å². The predicted molar refractivity (Wildman–Crippen MR) is 114 cm³/mol. The first-order valence-electron chi connectivity index (χ1n) is 7.98. The van der Waals surface area contributed by atoms with Crippen LogP contribution in [0.5, 0.6) is 0 Å². The van der Waals surface area contributed by atoms with E-state index in [0.717, 1.165) is 12.8 Å². The van der Waals surface area contributed by atoms with Crippen LogP contribution in [0.2, 0.25) is 0 Å². The maximum atomic E-state index is 2.88. The first-order chi connectivity index (χ1) is 12.4. The first kappa shape index (κ1) is 23.4. The van der Waals surface area contributed by atoms with E-state index in [0.29, 0.717) is 94.0 Å². The predicted octanol–water partition coefficient (Wildman–Crippen LogP) is 1.52. The smallest absolute Gasteiger partial charge is 0.0238 e. The Hall–Kier alpha value is 3.71. The van der Waals surface area contributed by atoms with Crippen molar-refractivity contribution in [3.05, 3.63) is 82.3 Å². The van der Waals surface area contributed by atoms with E-state index >= 15 is 0 Å². The summed E-state index contributed by atoms with van der Waals surface area (Å²) in [7, 11) is 0. The second-order valence-corrected chi connectivity index (χ2v) is 99.5. The minimum atomic E-state index is 0.107. The molecule has 0 saturated carbocycles. The molecule has 2 aromatic rings. The zero-order chi connectivity index (χ0) is 17.2. The number of hydrogen-bond acceptors (Lipinski definition) is 0. The van der Waals surface area contributed by atoms with E-state index in [4.69, 9.17) is 0 Å². The molecule has 0 bridgehead atoms. The summed E-state index contributed by atoms with van der Waals surface area (Å²) in [6.07, 6.45) is 2.26. The Bertz CT molecular complexity index is 716. The van der Waals surface area contributed by atoms with Gasteiger partial charge in [0.1, 0.15) is 0 Å². The summed E-state index contributed by atoms with van der Waals surface area (Å²) < 4.78 is 10.3. The van der Waals surface area contributed by atoms with E-state index in [-0.39, 0.29) is 23.2 Å². The van der Waals surface area contributed by atoms with Crippen molar-refractivity contribution in [2.45, 2.75) is 12.8 Å². The third kappa shape index (κ3) is 10.0. The van der Waals surface area contributed by atoms with Gasteiger partial charge in [-0.3, -0.25) is 0 Å². The molecule has 0 N–H and O–H groups in total. The number of rotatable bonds is 5. The number of benzene rings is 2. The van der Waals surface area contributed by atoms with E-state index in [9.17, 15) is 0 Å². The van der Waals surface area contributed by atoms with Gasteiger partial charge in [-0.1, -0.05) is 60.7 Å². The largest absolute Gasteiger partial charge is 0.0622 e. The van der Waals surface area contributed by atoms with Gasteiger partial charge in [0.2, 0.25) is 0 Å². The summed E-state index contributed by atoms with van der Waals surface area (Å²) in [6, 6.07) is 21.2. The van der Waals surface area contributed by atoms with Crippen LogP contribution in [0.15, 0.2) is 71.2 Å². The number of aryl methyl sites for hydroxylation is 2. The van der Waals surface area contributed by atoms with Crippen molar-refractivity contribution in [2.75, 3.05) is 0 Å². The molecule has 0 nitrogen and oxygen atoms in total. The SMILES string of the molecule is [CH]1=[C]([Zr][C]2=[CH][SbH][Sb]=[Sb]2)[Sb]=[Sb][SbH]1.c1ccc(CCc2ccccc2)cc1. The molecule has 25 heavy (non-hydrogen) atoms. The van der Waals surface area contributed by atoms with Crippen LogP contribution in [0.3, 0.4) is 0 Å². The van der Waals surface area contributed by atoms with Crippen molar-refractivity contribution in [3.63, 3.8) is 0 Å². The summed E-state index contributed by atoms with van der Waals surface area (Å²) in [6.45, 7) is 0. The van der Waals surface area contributed by atoms with Crippen LogP contribution in [-0.4, -0.2) is 94.0 Å². The molecule has 7 heteroatoms. The standard InChI is InChI=1S/C14H14.2C2H.6Sb.Zr.2H/c1-3-7-13(8-4-1)11-12-14-9-5-2-6-10-14;2*1-2;;;;;;;;;/h1-10H,11-12H2;2*1H;;;;;;;;;. The van der Waals surface area contributed by atoms with Gasteiger partial charge in [-0.15, -0.1) is 0 Å². The maximum Gasteiger partial charge on any atom is -0.0238 e. The minimum Gasteiger partial charge on any atom is -0.0622 e. The van der Waals surface area contributed by atoms with Crippen LogP contribution in [0.25, 0.3) is 0 Å². The molecule has 0 atom stereocenters. The average molecular weight is 1060 g/mol. The monoisotopic (exact) mass is 1050 g/mol. The van der Waals surface area contributed by atoms with E-state index in [2.05, 4.69) is 71.2 Å². The molecule has 2 aromatic carbocycles. The van der Waals surface area contributed by atoms with Crippen molar-refractivity contribution >= 4 is 94.0 Å². The van der Waals surface area contributed by atoms with Gasteiger partial charge >= 0.3 is 128 Å². The summed E-state index contributed by atoms with van der Waals surface area (Å²) in [5.41, 5.74) is 2.83. The van der Waals surface area contributed by atoms with Crippen LogP contribution in [-0.2, 0) is 36.1 Å². The van der Waals surface area contributed by atoms with E-state index in [1.165, 1.54) is 11.1 Å². The van der Waals surface area contributed by atoms with Crippen LogP contribution < -0.4 is 0 Å². The molecule has 124 valence electrons. The van der Waals surface area contributed by atoms with E-state index < -0.39 is 0 Å². The van der Waals surface area contributed by atoms with Crippen molar-refractivity contribution in [1.82, 2.24) is 0 Å². The third-order valence-electron chi connectivity index (χ3n) is 3.48. The second-order valence-electron chi connectivity index (χ2n) is 5.31. The Morgan fingerprint density at radius 3 is 1.44 bits per heavy atom. The van der Waals surface area contributed by atoms with Gasteiger partial charge < -0.3 is 0 Å². The summed E-state index contributed by atoms with van der Waals surface area (Å²) in [5.74, 6) is 0. The van der Waals surface area contributed by atoms with E-state index in [1.54, 1.807) is 0 Å². The maximum absolute atomic E-state index is 2.88. The Morgan fingerprint density at radius 2 is 1.08 bits per heavy atom. The fourth-order valence-corrected chi connectivity index (χ4v) is 221. The summed E-state index contributed by atoms with van der Waals surface area (Å²) >= 11 is 3.11. The normalized spacial score (nSPS) is 14.6. The van der Waals surface area contributed by atoms with Crippen LogP contribution in [0.1, 0.15) is 11.1 Å². The molecular weight excluding hydrogens is 1040 g/mol. The molecule has 0 aromatic heterocycles. The zero-order valence-corrected chi connectivity index (χ0v) is 32.0. The molecule has 0 spiro atoms. The Morgan fingerprint density at radius 1 is 0.640 bits per heavy atom. The van der Waals surface area contributed by atoms with Gasteiger partial charge in [0, 0.05) is 0 Å². The first-order valence-corrected chi connectivity index (χ1v) is 53.6. The molecule has 0 unspecified atom stereocenters. The van der Waals surface area contributed by atoms with Crippen LogP contribution in [0, 0.1) is 0 Å². The summed E-state index contributed by atoms with van der Waals surface area (Å²) in [5, 5.41) is 0. The molecule has 2 aliphatic heterocycles. The second kappa shape index (κ2) is 14.7. The summed E-state index contributed by atoms with van der Waals surface area (Å²) in [4.78, 5) is 0. The number of hydrogen-bond donors (Lipinski definition) is 0. The van der Waals surface area contributed by atoms with Crippen LogP contribution >= 0.6 is 0 Å². The average Bonchev–Trinajstić information content (AvgIpc) is 3.37. The third-order valence-corrected chi connectivity index (χ3v) is 122. The van der Waals surface area contributed by atoms with Crippen molar-refractivity contribution in [3.8, 4) is 0 Å². The molecule has 2 aliphatic rings. The Kier molecular flexibility index (Phi) is 13.7. The topological polar surface area (TPSA) is 0 Å². The molecule has 0 aliphatic carbocycles. The fourth-order valence-electron chi connectivity index (χ4n) is 2.23. The van der Waals surface area contributed by atoms with Gasteiger partial charge in [-0.25, -0.2) is 0 Å². The molecule has 4 rings (SSSR count). The van der Waals surface area contributed by atoms with Crippen molar-refractivity contribution in [1.29, 1.82) is 0 Å². The van der Waals surface area contributed by atoms with Crippen LogP contribution in [0.4, 0.5) is 0 Å². The van der Waals surface area contributed by atoms with Crippen molar-refractivity contribution in [2.24, 2.45) is 0 Å². The van der Waals surface area contributed by atoms with Gasteiger partial charge in [-0.2, -0.15) is 0 Å². The zero-order valence-electron chi connectivity index (χ0n) is 13.6. The van der Waals surface area contributed by atoms with Gasteiger partial charge in [0.25, 0.3) is 0 Å². The quantitative estimate of drug-likeness (QED) is 0.400. The molecule has 2 heterocycles. The molecule has 0 amide bonds. The molecule has 0 radical (unpaired) electrons. The van der Waals surface area contributed by atoms with Gasteiger partial charge in [-0.05, 0) is 24.0 Å². The molecule has 0 fully saturated rings. The fraction of sp³-hybridized carbons (Fsp3) is 0.111. The van der Waals surface area contributed by atoms with Gasteiger partial charge in [0.05, 0.1) is 0 Å². The Balaban J connectivity index is 0.000000150. The molecular formula is C18H18Sb6Zr. The van der Waals surface area contributed by atoms with E-state index in [1.807, 2.05) is 0 Å². The van der Waals surface area contributed by atoms with Gasteiger partial charge in [0.15, 0.2) is 0 Å². The minimum absolute atomic E-state index is 0.107. The van der Waals surface area contributed by atoms with Crippen molar-refractivity contribution < 1.29 is 23.2 Å².